The molecule has 1 atom stereocenters. The van der Waals surface area contributed by atoms with Gasteiger partial charge in [-0.25, -0.2) is 4.79 Å². The maximum absolute atomic E-state index is 9.84. The summed E-state index contributed by atoms with van der Waals surface area (Å²) in [7, 11) is -11.2. The van der Waals surface area contributed by atoms with Crippen LogP contribution >= 0.6 is 15.4 Å². The average Bonchev–Trinajstić information content (AvgIpc) is 1.56. The van der Waals surface area contributed by atoms with E-state index in [1.165, 1.54) is 0 Å². The first kappa shape index (κ1) is 25.6. The van der Waals surface area contributed by atoms with Crippen LogP contribution in [-0.2, 0) is 13.7 Å². The summed E-state index contributed by atoms with van der Waals surface area (Å²) < 4.78 is 22.1. The summed E-state index contributed by atoms with van der Waals surface area (Å²) in [4.78, 5) is 46.4. The van der Waals surface area contributed by atoms with E-state index in [0.29, 0.717) is 0 Å². The fourth-order valence-corrected chi connectivity index (χ4v) is 1.06. The van der Waals surface area contributed by atoms with E-state index >= 15 is 0 Å². The number of rotatable bonds is 2. The average molecular weight is 272 g/mol. The van der Waals surface area contributed by atoms with Crippen molar-refractivity contribution in [1.29, 1.82) is 0 Å². The molecule has 0 radical (unpaired) electrons. The molecule has 0 saturated heterocycles. The van der Waals surface area contributed by atoms with Gasteiger partial charge in [-0.3, -0.25) is 4.57 Å². The molecule has 0 heterocycles. The SMILES string of the molecule is O=C(OP(=O)([O-])O)P(=O)([O-])[O-].[Na+].[Na+].[Na+]. The third kappa shape index (κ3) is 14.8. The van der Waals surface area contributed by atoms with Gasteiger partial charge in [-0.05, 0) is 0 Å². The van der Waals surface area contributed by atoms with Gasteiger partial charge in [-0.15, -0.1) is 0 Å². The zero-order valence-corrected chi connectivity index (χ0v) is 15.5. The molecule has 13 heteroatoms. The molecule has 0 spiro atoms. The standard InChI is InChI=1S/CH4O8P2.3Na/c2-1(10(3,4)5)9-11(6,7)8;;;/h(H2,3,4,5)(H2,6,7,8);;;/q;3*+1/p-3. The summed E-state index contributed by atoms with van der Waals surface area (Å²) in [5, 5.41) is 0. The smallest absolute Gasteiger partial charge is 0.803 e. The predicted molar refractivity (Wildman–Crippen MR) is 23.9 cm³/mol. The van der Waals surface area contributed by atoms with Crippen molar-refractivity contribution in [2.45, 2.75) is 0 Å². The van der Waals surface area contributed by atoms with Gasteiger partial charge in [0.25, 0.3) is 0 Å². The molecule has 0 rings (SSSR count). The van der Waals surface area contributed by atoms with Gasteiger partial charge in [0, 0.05) is 7.60 Å². The van der Waals surface area contributed by atoms with E-state index in [1.807, 2.05) is 0 Å². The van der Waals surface area contributed by atoms with Crippen molar-refractivity contribution in [1.82, 2.24) is 0 Å². The van der Waals surface area contributed by atoms with Gasteiger partial charge in [-0.1, -0.05) is 0 Å². The third-order valence-corrected chi connectivity index (χ3v) is 1.50. The predicted octanol–water partition coefficient (Wildman–Crippen LogP) is -11.5. The van der Waals surface area contributed by atoms with Crippen molar-refractivity contribution in [2.24, 2.45) is 0 Å². The molecule has 8 nitrogen and oxygen atoms in total. The molecule has 0 bridgehead atoms. The Morgan fingerprint density at radius 1 is 1.07 bits per heavy atom. The third-order valence-electron chi connectivity index (χ3n) is 0.417. The van der Waals surface area contributed by atoms with Crippen molar-refractivity contribution in [2.75, 3.05) is 0 Å². The Hall–Kier alpha value is 2.77. The van der Waals surface area contributed by atoms with Crippen LogP contribution in [0, 0.1) is 0 Å². The normalized spacial score (nSPS) is 13.4. The van der Waals surface area contributed by atoms with E-state index in [4.69, 9.17) is 4.89 Å². The van der Waals surface area contributed by atoms with Crippen LogP contribution in [0.25, 0.3) is 0 Å². The van der Waals surface area contributed by atoms with Gasteiger partial charge in [-0.2, -0.15) is 0 Å². The van der Waals surface area contributed by atoms with Crippen LogP contribution < -0.4 is 103 Å². The number of phosphoric ester groups is 1. The minimum Gasteiger partial charge on any atom is -0.803 e. The summed E-state index contributed by atoms with van der Waals surface area (Å²) >= 11 is 0. The minimum absolute atomic E-state index is 0. The van der Waals surface area contributed by atoms with Crippen molar-refractivity contribution in [3.63, 3.8) is 0 Å². The number of hydrogen-bond donors (Lipinski definition) is 1. The van der Waals surface area contributed by atoms with Crippen molar-refractivity contribution in [3.8, 4) is 0 Å². The van der Waals surface area contributed by atoms with E-state index in [9.17, 15) is 28.6 Å². The van der Waals surface area contributed by atoms with Gasteiger partial charge in [0.05, 0.1) is 0 Å². The Labute approximate surface area is 145 Å². The zero-order chi connectivity index (χ0) is 9.28. The molecule has 1 N–H and O–H groups in total. The number of carbonyl (C=O) groups excluding carboxylic acids is 1. The van der Waals surface area contributed by atoms with Gasteiger partial charge >= 0.3 is 102 Å². The van der Waals surface area contributed by atoms with Gasteiger partial charge in [0.1, 0.15) is 0 Å². The van der Waals surface area contributed by atoms with E-state index in [0.717, 1.165) is 0 Å². The topological polar surface area (TPSA) is 150 Å². The summed E-state index contributed by atoms with van der Waals surface area (Å²) in [6.45, 7) is 0. The van der Waals surface area contributed by atoms with E-state index in [-0.39, 0.29) is 88.7 Å². The number of phosphoric acid groups is 1. The monoisotopic (exact) mass is 272 g/mol. The maximum Gasteiger partial charge on any atom is 1.00 e. The summed E-state index contributed by atoms with van der Waals surface area (Å²) in [6, 6.07) is 0. The molecule has 66 valence electrons. The second-order valence-electron chi connectivity index (χ2n) is 1.32. The quantitative estimate of drug-likeness (QED) is 0.384. The largest absolute Gasteiger partial charge is 1.00 e. The Kier molecular flexibility index (Phi) is 17.8. The molecule has 0 fully saturated rings. The van der Waals surface area contributed by atoms with Crippen molar-refractivity contribution < 1.29 is 127 Å². The van der Waals surface area contributed by atoms with Gasteiger partial charge in [0.15, 0.2) is 0 Å². The molecule has 0 aromatic carbocycles. The zero-order valence-electron chi connectivity index (χ0n) is 7.70. The fraction of sp³-hybridized carbons (Fsp3) is 0. The molecule has 0 aromatic heterocycles. The van der Waals surface area contributed by atoms with Crippen LogP contribution in [0.3, 0.4) is 0 Å². The van der Waals surface area contributed by atoms with Crippen LogP contribution in [0.1, 0.15) is 0 Å². The first-order valence-electron chi connectivity index (χ1n) is 1.93. The van der Waals surface area contributed by atoms with Crippen LogP contribution in [0.5, 0.6) is 0 Å². The van der Waals surface area contributed by atoms with E-state index in [1.54, 1.807) is 0 Å². The fourth-order valence-electron chi connectivity index (χ4n) is 0.149. The van der Waals surface area contributed by atoms with Crippen LogP contribution in [0.15, 0.2) is 0 Å². The molecule has 14 heavy (non-hydrogen) atoms. The van der Waals surface area contributed by atoms with Crippen molar-refractivity contribution in [3.05, 3.63) is 0 Å². The Balaban J connectivity index is -0.000000167. The minimum atomic E-state index is -5.75. The Morgan fingerprint density at radius 2 is 1.36 bits per heavy atom. The Morgan fingerprint density at radius 3 is 1.43 bits per heavy atom. The molecular weight excluding hydrogens is 271 g/mol. The van der Waals surface area contributed by atoms with Crippen LogP contribution in [0.4, 0.5) is 4.79 Å². The molecule has 0 aliphatic heterocycles. The summed E-state index contributed by atoms with van der Waals surface area (Å²) in [5.41, 5.74) is -2.53. The van der Waals surface area contributed by atoms with Gasteiger partial charge < -0.3 is 28.7 Å². The molecule has 0 aliphatic rings. The van der Waals surface area contributed by atoms with Gasteiger partial charge in [0.2, 0.25) is 0 Å². The molecule has 0 aliphatic carbocycles. The second-order valence-corrected chi connectivity index (χ2v) is 3.80. The second kappa shape index (κ2) is 9.76. The molecule has 0 aromatic rings. The summed E-state index contributed by atoms with van der Waals surface area (Å²) in [6.07, 6.45) is 0. The molecular formula is CHNa3O8P2. The summed E-state index contributed by atoms with van der Waals surface area (Å²) in [5.74, 6) is 0. The number of hydrogen-bond acceptors (Lipinski definition) is 7. The molecule has 0 saturated carbocycles. The first-order valence-corrected chi connectivity index (χ1v) is 4.97. The van der Waals surface area contributed by atoms with E-state index in [2.05, 4.69) is 4.52 Å². The maximum atomic E-state index is 9.84. The van der Waals surface area contributed by atoms with Crippen LogP contribution in [-0.4, -0.2) is 10.6 Å². The van der Waals surface area contributed by atoms with Crippen molar-refractivity contribution >= 4 is 21.1 Å². The molecule has 1 unspecified atom stereocenters. The Bertz CT molecular complexity index is 251. The number of carbonyl (C=O) groups is 1. The molecule has 0 amide bonds. The van der Waals surface area contributed by atoms with Crippen LogP contribution in [0.2, 0.25) is 0 Å². The van der Waals surface area contributed by atoms with E-state index < -0.39 is 21.1 Å². The first-order chi connectivity index (χ1) is 4.63.